The van der Waals surface area contributed by atoms with Crippen LogP contribution in [0.2, 0.25) is 0 Å². The van der Waals surface area contributed by atoms with Crippen molar-refractivity contribution in [1.29, 1.82) is 0 Å². The van der Waals surface area contributed by atoms with Crippen LogP contribution in [0.1, 0.15) is 35.2 Å². The summed E-state index contributed by atoms with van der Waals surface area (Å²) in [5, 5.41) is 3.12. The van der Waals surface area contributed by atoms with Gasteiger partial charge in [-0.3, -0.25) is 14.5 Å². The highest BCUT2D eigenvalue weighted by Crippen LogP contribution is 2.22. The molecule has 2 atom stereocenters. The minimum absolute atomic E-state index is 0.00320. The number of carbonyl (C=O) groups is 2. The van der Waals surface area contributed by atoms with E-state index in [1.54, 1.807) is 4.90 Å². The van der Waals surface area contributed by atoms with E-state index in [0.29, 0.717) is 38.8 Å². The standard InChI is InChI=1S/C19H25N3O3/c23-18(20-16-12-25-13-17(16)21-8-3-4-9-21)7-10-22-11-14-5-1-2-6-15(14)19(22)24/h1-2,5-6,16-17H,3-4,7-13H2,(H,20,23)/t16-,17-/m0/s1. The van der Waals surface area contributed by atoms with Crippen LogP contribution in [0.3, 0.4) is 0 Å². The molecule has 6 nitrogen and oxygen atoms in total. The topological polar surface area (TPSA) is 61.9 Å². The Morgan fingerprint density at radius 1 is 1.20 bits per heavy atom. The predicted molar refractivity (Wildman–Crippen MR) is 93.1 cm³/mol. The van der Waals surface area contributed by atoms with Crippen LogP contribution in [0.4, 0.5) is 0 Å². The van der Waals surface area contributed by atoms with Crippen molar-refractivity contribution in [3.8, 4) is 0 Å². The van der Waals surface area contributed by atoms with Gasteiger partial charge in [-0.1, -0.05) is 18.2 Å². The van der Waals surface area contributed by atoms with Crippen molar-refractivity contribution in [3.05, 3.63) is 35.4 Å². The van der Waals surface area contributed by atoms with Gasteiger partial charge in [-0.25, -0.2) is 0 Å². The molecule has 1 aromatic carbocycles. The van der Waals surface area contributed by atoms with Gasteiger partial charge in [0.2, 0.25) is 5.91 Å². The fourth-order valence-corrected chi connectivity index (χ4v) is 4.12. The Morgan fingerprint density at radius 3 is 2.80 bits per heavy atom. The molecule has 25 heavy (non-hydrogen) atoms. The number of ether oxygens (including phenoxy) is 1. The van der Waals surface area contributed by atoms with Crippen molar-refractivity contribution >= 4 is 11.8 Å². The van der Waals surface area contributed by atoms with E-state index in [2.05, 4.69) is 10.2 Å². The lowest BCUT2D eigenvalue weighted by atomic mass is 10.1. The first kappa shape index (κ1) is 16.5. The van der Waals surface area contributed by atoms with Crippen LogP contribution in [0.5, 0.6) is 0 Å². The Labute approximate surface area is 148 Å². The van der Waals surface area contributed by atoms with Crippen molar-refractivity contribution in [1.82, 2.24) is 15.1 Å². The molecule has 3 aliphatic rings. The second kappa shape index (κ2) is 7.14. The highest BCUT2D eigenvalue weighted by molar-refractivity contribution is 5.98. The number of amides is 2. The molecule has 0 spiro atoms. The number of hydrogen-bond acceptors (Lipinski definition) is 4. The van der Waals surface area contributed by atoms with Crippen LogP contribution >= 0.6 is 0 Å². The highest BCUT2D eigenvalue weighted by Gasteiger charge is 2.35. The van der Waals surface area contributed by atoms with Crippen molar-refractivity contribution in [3.63, 3.8) is 0 Å². The zero-order chi connectivity index (χ0) is 17.2. The monoisotopic (exact) mass is 343 g/mol. The van der Waals surface area contributed by atoms with Gasteiger partial charge in [0.25, 0.3) is 5.91 Å². The summed E-state index contributed by atoms with van der Waals surface area (Å²) in [4.78, 5) is 28.9. The zero-order valence-corrected chi connectivity index (χ0v) is 14.4. The largest absolute Gasteiger partial charge is 0.378 e. The molecule has 1 N–H and O–H groups in total. The molecule has 0 aliphatic carbocycles. The number of carbonyl (C=O) groups excluding carboxylic acids is 2. The maximum absolute atomic E-state index is 12.4. The molecular formula is C19H25N3O3. The summed E-state index contributed by atoms with van der Waals surface area (Å²) in [5.74, 6) is 0.0333. The third kappa shape index (κ3) is 3.41. The second-order valence-corrected chi connectivity index (χ2v) is 7.16. The normalized spacial score (nSPS) is 26.2. The Hall–Kier alpha value is -1.92. The first-order valence-corrected chi connectivity index (χ1v) is 9.21. The van der Waals surface area contributed by atoms with Gasteiger partial charge in [0.15, 0.2) is 0 Å². The van der Waals surface area contributed by atoms with Crippen LogP contribution in [0, 0.1) is 0 Å². The van der Waals surface area contributed by atoms with Crippen molar-refractivity contribution in [2.24, 2.45) is 0 Å². The average molecular weight is 343 g/mol. The van der Waals surface area contributed by atoms with Crippen LogP contribution < -0.4 is 5.32 Å². The van der Waals surface area contributed by atoms with Gasteiger partial charge in [0.05, 0.1) is 25.3 Å². The summed E-state index contributed by atoms with van der Waals surface area (Å²) in [5.41, 5.74) is 1.81. The van der Waals surface area contributed by atoms with E-state index < -0.39 is 0 Å². The number of likely N-dealkylation sites (tertiary alicyclic amines) is 1. The minimum atomic E-state index is 0.00320. The first-order valence-electron chi connectivity index (χ1n) is 9.21. The molecule has 0 radical (unpaired) electrons. The Kier molecular flexibility index (Phi) is 4.72. The van der Waals surface area contributed by atoms with Crippen LogP contribution in [0.15, 0.2) is 24.3 Å². The molecule has 2 fully saturated rings. The van der Waals surface area contributed by atoms with Crippen molar-refractivity contribution < 1.29 is 14.3 Å². The molecule has 2 amide bonds. The van der Waals surface area contributed by atoms with E-state index in [1.807, 2.05) is 24.3 Å². The number of nitrogens with zero attached hydrogens (tertiary/aromatic N) is 2. The summed E-state index contributed by atoms with van der Waals surface area (Å²) < 4.78 is 5.60. The first-order chi connectivity index (χ1) is 12.2. The molecule has 134 valence electrons. The molecule has 1 aromatic rings. The van der Waals surface area contributed by atoms with Gasteiger partial charge in [-0.05, 0) is 37.6 Å². The van der Waals surface area contributed by atoms with E-state index in [9.17, 15) is 9.59 Å². The van der Waals surface area contributed by atoms with Crippen molar-refractivity contribution in [2.75, 3.05) is 32.8 Å². The summed E-state index contributed by atoms with van der Waals surface area (Å²) in [6.07, 6.45) is 2.80. The summed E-state index contributed by atoms with van der Waals surface area (Å²) in [6, 6.07) is 8.02. The molecule has 0 saturated carbocycles. The van der Waals surface area contributed by atoms with Gasteiger partial charge in [-0.15, -0.1) is 0 Å². The third-order valence-electron chi connectivity index (χ3n) is 5.51. The van der Waals surface area contributed by atoms with Crippen LogP contribution in [-0.2, 0) is 16.1 Å². The SMILES string of the molecule is O=C(CCN1Cc2ccccc2C1=O)N[C@H]1COC[C@@H]1N1CCCC1. The molecule has 3 heterocycles. The summed E-state index contributed by atoms with van der Waals surface area (Å²) in [7, 11) is 0. The molecule has 3 aliphatic heterocycles. The lowest BCUT2D eigenvalue weighted by molar-refractivity contribution is -0.122. The van der Waals surface area contributed by atoms with E-state index in [-0.39, 0.29) is 17.9 Å². The Morgan fingerprint density at radius 2 is 2.00 bits per heavy atom. The van der Waals surface area contributed by atoms with Crippen LogP contribution in [-0.4, -0.2) is 66.5 Å². The van der Waals surface area contributed by atoms with E-state index in [1.165, 1.54) is 12.8 Å². The predicted octanol–water partition coefficient (Wildman–Crippen LogP) is 1.01. The Bertz CT molecular complexity index is 657. The lowest BCUT2D eigenvalue weighted by Gasteiger charge is -2.28. The van der Waals surface area contributed by atoms with Gasteiger partial charge < -0.3 is 15.0 Å². The lowest BCUT2D eigenvalue weighted by Crippen LogP contribution is -2.50. The third-order valence-corrected chi connectivity index (χ3v) is 5.51. The number of nitrogens with one attached hydrogen (secondary N) is 1. The van der Waals surface area contributed by atoms with Gasteiger partial charge in [0.1, 0.15) is 0 Å². The number of hydrogen-bond donors (Lipinski definition) is 1. The fourth-order valence-electron chi connectivity index (χ4n) is 4.12. The molecule has 6 heteroatoms. The maximum atomic E-state index is 12.4. The minimum Gasteiger partial charge on any atom is -0.378 e. The van der Waals surface area contributed by atoms with Gasteiger partial charge >= 0.3 is 0 Å². The van der Waals surface area contributed by atoms with Crippen LogP contribution in [0.25, 0.3) is 0 Å². The van der Waals surface area contributed by atoms with Crippen molar-refractivity contribution in [2.45, 2.75) is 37.9 Å². The molecule has 2 saturated heterocycles. The van der Waals surface area contributed by atoms with Gasteiger partial charge in [0, 0.05) is 25.1 Å². The number of fused-ring (bicyclic) bond motifs is 1. The fraction of sp³-hybridized carbons (Fsp3) is 0.579. The summed E-state index contributed by atoms with van der Waals surface area (Å²) in [6.45, 7) is 4.54. The number of benzene rings is 1. The Balaban J connectivity index is 1.28. The zero-order valence-electron chi connectivity index (χ0n) is 14.4. The quantitative estimate of drug-likeness (QED) is 0.867. The average Bonchev–Trinajstić information content (AvgIpc) is 3.34. The summed E-state index contributed by atoms with van der Waals surface area (Å²) >= 11 is 0. The molecule has 0 aromatic heterocycles. The van der Waals surface area contributed by atoms with E-state index >= 15 is 0 Å². The second-order valence-electron chi connectivity index (χ2n) is 7.16. The smallest absolute Gasteiger partial charge is 0.254 e. The van der Waals surface area contributed by atoms with Gasteiger partial charge in [-0.2, -0.15) is 0 Å². The maximum Gasteiger partial charge on any atom is 0.254 e. The molecule has 4 rings (SSSR count). The molecular weight excluding hydrogens is 318 g/mol. The van der Waals surface area contributed by atoms with E-state index in [4.69, 9.17) is 4.74 Å². The van der Waals surface area contributed by atoms with E-state index in [0.717, 1.165) is 24.2 Å². The molecule has 0 unspecified atom stereocenters. The number of rotatable bonds is 5. The molecule has 0 bridgehead atoms. The highest BCUT2D eigenvalue weighted by atomic mass is 16.5.